The van der Waals surface area contributed by atoms with Crippen molar-refractivity contribution in [3.8, 4) is 0 Å². The normalized spacial score (nSPS) is 20.6. The molecule has 1 unspecified atom stereocenters. The monoisotopic (exact) mass is 222 g/mol. The van der Waals surface area contributed by atoms with Gasteiger partial charge in [-0.2, -0.15) is 5.10 Å². The van der Waals surface area contributed by atoms with Gasteiger partial charge in [-0.3, -0.25) is 14.3 Å². The van der Waals surface area contributed by atoms with Crippen molar-refractivity contribution >= 4 is 11.9 Å². The second kappa shape index (κ2) is 4.08. The van der Waals surface area contributed by atoms with Crippen LogP contribution in [-0.2, 0) is 20.9 Å². The SMILES string of the molecule is CC(C)Cn1ccc(C2CC(=O)OC2=O)n1. The molecular weight excluding hydrogens is 208 g/mol. The van der Waals surface area contributed by atoms with E-state index in [1.807, 2.05) is 6.20 Å². The minimum atomic E-state index is -0.513. The van der Waals surface area contributed by atoms with E-state index in [0.29, 0.717) is 11.6 Å². The molecule has 86 valence electrons. The van der Waals surface area contributed by atoms with E-state index in [1.165, 1.54) is 0 Å². The topological polar surface area (TPSA) is 61.2 Å². The van der Waals surface area contributed by atoms with Gasteiger partial charge in [-0.25, -0.2) is 0 Å². The first-order valence-electron chi connectivity index (χ1n) is 5.34. The van der Waals surface area contributed by atoms with Crippen molar-refractivity contribution in [1.82, 2.24) is 9.78 Å². The highest BCUT2D eigenvalue weighted by Gasteiger charge is 2.36. The average molecular weight is 222 g/mol. The molecule has 1 aliphatic rings. The first-order valence-corrected chi connectivity index (χ1v) is 5.34. The molecule has 0 bridgehead atoms. The van der Waals surface area contributed by atoms with Crippen LogP contribution in [0, 0.1) is 5.92 Å². The zero-order valence-corrected chi connectivity index (χ0v) is 9.34. The zero-order valence-electron chi connectivity index (χ0n) is 9.34. The third kappa shape index (κ3) is 2.13. The molecule has 0 spiro atoms. The van der Waals surface area contributed by atoms with E-state index < -0.39 is 17.9 Å². The highest BCUT2D eigenvalue weighted by Crippen LogP contribution is 2.25. The fourth-order valence-electron chi connectivity index (χ4n) is 1.74. The summed E-state index contributed by atoms with van der Waals surface area (Å²) in [5.41, 5.74) is 0.622. The van der Waals surface area contributed by atoms with E-state index in [1.54, 1.807) is 10.7 Å². The Balaban J connectivity index is 2.13. The largest absolute Gasteiger partial charge is 0.393 e. The van der Waals surface area contributed by atoms with Gasteiger partial charge in [-0.05, 0) is 12.0 Å². The summed E-state index contributed by atoms with van der Waals surface area (Å²) in [6.45, 7) is 4.99. The Morgan fingerprint density at radius 2 is 2.31 bits per heavy atom. The van der Waals surface area contributed by atoms with Crippen LogP contribution < -0.4 is 0 Å². The van der Waals surface area contributed by atoms with Gasteiger partial charge in [0.25, 0.3) is 0 Å². The summed E-state index contributed by atoms with van der Waals surface area (Å²) in [6, 6.07) is 1.77. The number of carbonyl (C=O) groups excluding carboxylic acids is 2. The lowest BCUT2D eigenvalue weighted by atomic mass is 10.1. The Hall–Kier alpha value is -1.65. The average Bonchev–Trinajstić information content (AvgIpc) is 2.72. The number of nitrogens with zero attached hydrogens (tertiary/aromatic N) is 2. The minimum Gasteiger partial charge on any atom is -0.393 e. The van der Waals surface area contributed by atoms with Crippen molar-refractivity contribution < 1.29 is 14.3 Å². The maximum absolute atomic E-state index is 11.3. The maximum atomic E-state index is 11.3. The number of hydrogen-bond acceptors (Lipinski definition) is 4. The van der Waals surface area contributed by atoms with E-state index >= 15 is 0 Å². The molecule has 0 saturated carbocycles. The van der Waals surface area contributed by atoms with E-state index in [0.717, 1.165) is 6.54 Å². The minimum absolute atomic E-state index is 0.109. The van der Waals surface area contributed by atoms with Crippen molar-refractivity contribution in [3.63, 3.8) is 0 Å². The van der Waals surface area contributed by atoms with Gasteiger partial charge in [0.2, 0.25) is 0 Å². The Labute approximate surface area is 93.4 Å². The van der Waals surface area contributed by atoms with Gasteiger partial charge < -0.3 is 4.74 Å². The van der Waals surface area contributed by atoms with Crippen molar-refractivity contribution in [3.05, 3.63) is 18.0 Å². The lowest BCUT2D eigenvalue weighted by Gasteiger charge is -2.04. The van der Waals surface area contributed by atoms with E-state index in [2.05, 4.69) is 23.7 Å². The molecule has 0 radical (unpaired) electrons. The van der Waals surface area contributed by atoms with Gasteiger partial charge in [0.1, 0.15) is 5.92 Å². The van der Waals surface area contributed by atoms with Gasteiger partial charge in [0.15, 0.2) is 0 Å². The standard InChI is InChI=1S/C11H14N2O3/c1-7(2)6-13-4-3-9(12-13)8-5-10(14)16-11(8)15/h3-4,7-8H,5-6H2,1-2H3. The third-order valence-corrected chi connectivity index (χ3v) is 2.44. The van der Waals surface area contributed by atoms with E-state index in [-0.39, 0.29) is 6.42 Å². The molecule has 1 saturated heterocycles. The number of ether oxygens (including phenoxy) is 1. The number of cyclic esters (lactones) is 2. The molecule has 5 nitrogen and oxygen atoms in total. The van der Waals surface area contributed by atoms with Crippen LogP contribution in [-0.4, -0.2) is 21.7 Å². The van der Waals surface area contributed by atoms with Crippen molar-refractivity contribution in [2.24, 2.45) is 5.92 Å². The summed E-state index contributed by atoms with van der Waals surface area (Å²) in [7, 11) is 0. The second-order valence-electron chi connectivity index (χ2n) is 4.41. The van der Waals surface area contributed by atoms with Gasteiger partial charge >= 0.3 is 11.9 Å². The van der Waals surface area contributed by atoms with Crippen LogP contribution in [0.15, 0.2) is 12.3 Å². The number of esters is 2. The third-order valence-electron chi connectivity index (χ3n) is 2.44. The Kier molecular flexibility index (Phi) is 2.77. The fourth-order valence-corrected chi connectivity index (χ4v) is 1.74. The molecule has 1 fully saturated rings. The van der Waals surface area contributed by atoms with Crippen molar-refractivity contribution in [2.75, 3.05) is 0 Å². The van der Waals surface area contributed by atoms with E-state index in [9.17, 15) is 9.59 Å². The molecule has 2 rings (SSSR count). The molecule has 0 aliphatic carbocycles. The molecule has 0 N–H and O–H groups in total. The summed E-state index contributed by atoms with van der Waals surface area (Å²) in [5.74, 6) is -0.973. The predicted molar refractivity (Wildman–Crippen MR) is 55.5 cm³/mol. The molecular formula is C11H14N2O3. The molecule has 2 heterocycles. The smallest absolute Gasteiger partial charge is 0.323 e. The predicted octanol–water partition coefficient (Wildman–Crippen LogP) is 1.10. The van der Waals surface area contributed by atoms with E-state index in [4.69, 9.17) is 0 Å². The Morgan fingerprint density at radius 1 is 1.56 bits per heavy atom. The number of rotatable bonds is 3. The summed E-state index contributed by atoms with van der Waals surface area (Å²) in [6.07, 6.45) is 1.93. The van der Waals surface area contributed by atoms with Crippen molar-refractivity contribution in [2.45, 2.75) is 32.7 Å². The molecule has 1 aliphatic heterocycles. The first-order chi connectivity index (χ1) is 7.56. The van der Waals surface area contributed by atoms with Crippen LogP contribution in [0.25, 0.3) is 0 Å². The van der Waals surface area contributed by atoms with Gasteiger partial charge in [0, 0.05) is 12.7 Å². The molecule has 1 atom stereocenters. The lowest BCUT2D eigenvalue weighted by Crippen LogP contribution is -2.09. The summed E-state index contributed by atoms with van der Waals surface area (Å²) in [5, 5.41) is 4.28. The summed E-state index contributed by atoms with van der Waals surface area (Å²) < 4.78 is 6.28. The summed E-state index contributed by atoms with van der Waals surface area (Å²) in [4.78, 5) is 22.3. The first kappa shape index (κ1) is 10.9. The molecule has 0 amide bonds. The number of hydrogen-bond donors (Lipinski definition) is 0. The number of carbonyl (C=O) groups is 2. The van der Waals surface area contributed by atoms with Crippen LogP contribution in [0.2, 0.25) is 0 Å². The fraction of sp³-hybridized carbons (Fsp3) is 0.545. The molecule has 1 aromatic rings. The number of aromatic nitrogens is 2. The Bertz CT molecular complexity index is 423. The maximum Gasteiger partial charge on any atom is 0.323 e. The van der Waals surface area contributed by atoms with Gasteiger partial charge in [0.05, 0.1) is 12.1 Å². The lowest BCUT2D eigenvalue weighted by molar-refractivity contribution is -0.152. The highest BCUT2D eigenvalue weighted by atomic mass is 16.6. The molecule has 5 heteroatoms. The quantitative estimate of drug-likeness (QED) is 0.567. The van der Waals surface area contributed by atoms with Gasteiger partial charge in [-0.1, -0.05) is 13.8 Å². The second-order valence-corrected chi connectivity index (χ2v) is 4.41. The molecule has 1 aromatic heterocycles. The van der Waals surface area contributed by atoms with Crippen LogP contribution in [0.3, 0.4) is 0 Å². The van der Waals surface area contributed by atoms with Crippen LogP contribution >= 0.6 is 0 Å². The van der Waals surface area contributed by atoms with Crippen molar-refractivity contribution in [1.29, 1.82) is 0 Å². The van der Waals surface area contributed by atoms with Crippen LogP contribution in [0.5, 0.6) is 0 Å². The summed E-state index contributed by atoms with van der Waals surface area (Å²) >= 11 is 0. The molecule has 0 aromatic carbocycles. The zero-order chi connectivity index (χ0) is 11.7. The van der Waals surface area contributed by atoms with Crippen LogP contribution in [0.4, 0.5) is 0 Å². The van der Waals surface area contributed by atoms with Crippen LogP contribution in [0.1, 0.15) is 31.9 Å². The Morgan fingerprint density at radius 3 is 2.88 bits per heavy atom. The van der Waals surface area contributed by atoms with Gasteiger partial charge in [-0.15, -0.1) is 0 Å². The highest BCUT2D eigenvalue weighted by molar-refractivity contribution is 5.97. The molecule has 16 heavy (non-hydrogen) atoms.